The van der Waals surface area contributed by atoms with Gasteiger partial charge in [-0.1, -0.05) is 12.1 Å². The molecule has 0 amide bonds. The summed E-state index contributed by atoms with van der Waals surface area (Å²) in [7, 11) is 1.63. The molecule has 0 unspecified atom stereocenters. The molecule has 102 valence electrons. The molecule has 0 saturated heterocycles. The van der Waals surface area contributed by atoms with Gasteiger partial charge in [0.1, 0.15) is 22.0 Å². The molecule has 0 aliphatic heterocycles. The topological polar surface area (TPSA) is 26.5 Å². The fourth-order valence-corrected chi connectivity index (χ4v) is 2.65. The summed E-state index contributed by atoms with van der Waals surface area (Å²) in [6, 6.07) is 10.3. The summed E-state index contributed by atoms with van der Waals surface area (Å²) in [5, 5.41) is 0. The Kier molecular flexibility index (Phi) is 3.44. The fraction of sp³-hybridized carbons (Fsp3) is 0.133. The Labute approximate surface area is 124 Å². The van der Waals surface area contributed by atoms with Crippen molar-refractivity contribution < 1.29 is 9.13 Å². The molecular weight excluding hydrogens is 323 g/mol. The zero-order valence-corrected chi connectivity index (χ0v) is 12.4. The molecule has 2 heterocycles. The highest BCUT2D eigenvalue weighted by atomic mass is 79.9. The molecule has 3 nitrogen and oxygen atoms in total. The second kappa shape index (κ2) is 5.25. The molecule has 20 heavy (non-hydrogen) atoms. The molecule has 0 atom stereocenters. The number of pyridine rings is 1. The Morgan fingerprint density at radius 3 is 2.65 bits per heavy atom. The normalized spacial score (nSPS) is 10.9. The maximum absolute atomic E-state index is 12.9. The molecule has 2 aromatic heterocycles. The van der Waals surface area contributed by atoms with Gasteiger partial charge in [0, 0.05) is 6.42 Å². The number of methoxy groups -OCH3 is 1. The number of aromatic nitrogens is 2. The van der Waals surface area contributed by atoms with Crippen LogP contribution in [0, 0.1) is 5.82 Å². The van der Waals surface area contributed by atoms with Crippen LogP contribution in [0.5, 0.6) is 5.75 Å². The van der Waals surface area contributed by atoms with Crippen LogP contribution in [0.2, 0.25) is 0 Å². The molecule has 5 heteroatoms. The van der Waals surface area contributed by atoms with Gasteiger partial charge in [-0.3, -0.25) is 4.40 Å². The van der Waals surface area contributed by atoms with Crippen molar-refractivity contribution in [2.45, 2.75) is 6.42 Å². The van der Waals surface area contributed by atoms with Gasteiger partial charge in [0.15, 0.2) is 0 Å². The lowest BCUT2D eigenvalue weighted by Crippen LogP contribution is -1.97. The van der Waals surface area contributed by atoms with E-state index in [9.17, 15) is 4.39 Å². The van der Waals surface area contributed by atoms with Crippen LogP contribution in [0.1, 0.15) is 11.4 Å². The zero-order chi connectivity index (χ0) is 14.1. The van der Waals surface area contributed by atoms with Gasteiger partial charge in [-0.2, -0.15) is 0 Å². The largest absolute Gasteiger partial charge is 0.495 e. The first kappa shape index (κ1) is 13.1. The lowest BCUT2D eigenvalue weighted by molar-refractivity contribution is 0.412. The third-order valence-corrected chi connectivity index (χ3v) is 3.73. The summed E-state index contributed by atoms with van der Waals surface area (Å²) in [6.07, 6.45) is 2.52. The Morgan fingerprint density at radius 1 is 1.20 bits per heavy atom. The van der Waals surface area contributed by atoms with Gasteiger partial charge in [-0.15, -0.1) is 0 Å². The van der Waals surface area contributed by atoms with Crippen molar-refractivity contribution in [3.8, 4) is 5.75 Å². The predicted molar refractivity (Wildman–Crippen MR) is 78.7 cm³/mol. The maximum atomic E-state index is 12.9. The summed E-state index contributed by atoms with van der Waals surface area (Å²) in [5.74, 6) is 1.41. The number of ether oxygens (including phenoxy) is 1. The van der Waals surface area contributed by atoms with E-state index in [1.165, 1.54) is 12.1 Å². The molecule has 3 rings (SSSR count). The first-order chi connectivity index (χ1) is 9.67. The van der Waals surface area contributed by atoms with Crippen molar-refractivity contribution in [1.29, 1.82) is 0 Å². The van der Waals surface area contributed by atoms with Crippen molar-refractivity contribution >= 4 is 21.4 Å². The number of hydrogen-bond acceptors (Lipinski definition) is 2. The lowest BCUT2D eigenvalue weighted by Gasteiger charge is -2.04. The van der Waals surface area contributed by atoms with Crippen LogP contribution in [0.25, 0.3) is 5.52 Å². The van der Waals surface area contributed by atoms with Gasteiger partial charge in [0.2, 0.25) is 0 Å². The summed E-state index contributed by atoms with van der Waals surface area (Å²) in [6.45, 7) is 0. The first-order valence-corrected chi connectivity index (χ1v) is 6.91. The SMILES string of the molecule is COc1ccc2c(Br)nc(Cc3ccc(F)cc3)n2c1. The van der Waals surface area contributed by atoms with Crippen molar-refractivity contribution in [3.05, 3.63) is 64.4 Å². The van der Waals surface area contributed by atoms with Crippen LogP contribution in [0.3, 0.4) is 0 Å². The minimum atomic E-state index is -0.232. The van der Waals surface area contributed by atoms with Crippen LogP contribution in [0.15, 0.2) is 47.2 Å². The monoisotopic (exact) mass is 334 g/mol. The number of halogens is 2. The smallest absolute Gasteiger partial charge is 0.135 e. The van der Waals surface area contributed by atoms with Crippen molar-refractivity contribution in [2.75, 3.05) is 7.11 Å². The van der Waals surface area contributed by atoms with E-state index in [4.69, 9.17) is 4.74 Å². The second-order valence-corrected chi connectivity index (χ2v) is 5.20. The third kappa shape index (κ3) is 2.41. The molecule has 0 aliphatic rings. The maximum Gasteiger partial charge on any atom is 0.135 e. The van der Waals surface area contributed by atoms with E-state index in [-0.39, 0.29) is 5.82 Å². The van der Waals surface area contributed by atoms with E-state index in [1.807, 2.05) is 22.7 Å². The average Bonchev–Trinajstić information content (AvgIpc) is 2.77. The Balaban J connectivity index is 2.04. The summed E-state index contributed by atoms with van der Waals surface area (Å²) in [5.41, 5.74) is 1.98. The van der Waals surface area contributed by atoms with Crippen LogP contribution < -0.4 is 4.74 Å². The second-order valence-electron chi connectivity index (χ2n) is 4.45. The summed E-state index contributed by atoms with van der Waals surface area (Å²) < 4.78 is 20.9. The fourth-order valence-electron chi connectivity index (χ4n) is 2.12. The third-order valence-electron chi connectivity index (χ3n) is 3.15. The molecule has 0 bridgehead atoms. The minimum absolute atomic E-state index is 0.232. The number of hydrogen-bond donors (Lipinski definition) is 0. The molecule has 3 aromatic rings. The standard InChI is InChI=1S/C15H12BrFN2O/c1-20-12-6-7-13-15(16)18-14(19(13)9-12)8-10-2-4-11(17)5-3-10/h2-7,9H,8H2,1H3. The van der Waals surface area contributed by atoms with E-state index in [1.54, 1.807) is 19.2 Å². The minimum Gasteiger partial charge on any atom is -0.495 e. The molecular formula is C15H12BrFN2O. The van der Waals surface area contributed by atoms with Gasteiger partial charge in [0.25, 0.3) is 0 Å². The van der Waals surface area contributed by atoms with Crippen LogP contribution in [0.4, 0.5) is 4.39 Å². The molecule has 0 spiro atoms. The Morgan fingerprint density at radius 2 is 1.95 bits per heavy atom. The number of imidazole rings is 1. The molecule has 0 fully saturated rings. The summed E-state index contributed by atoms with van der Waals surface area (Å²) in [4.78, 5) is 4.51. The van der Waals surface area contributed by atoms with E-state index >= 15 is 0 Å². The van der Waals surface area contributed by atoms with Gasteiger partial charge in [0.05, 0.1) is 18.8 Å². The van der Waals surface area contributed by atoms with Crippen molar-refractivity contribution in [3.63, 3.8) is 0 Å². The van der Waals surface area contributed by atoms with Crippen LogP contribution in [-0.2, 0) is 6.42 Å². The molecule has 0 aliphatic carbocycles. The predicted octanol–water partition coefficient (Wildman–Crippen LogP) is 3.84. The van der Waals surface area contributed by atoms with Gasteiger partial charge in [-0.05, 0) is 45.8 Å². The first-order valence-electron chi connectivity index (χ1n) is 6.12. The quantitative estimate of drug-likeness (QED) is 0.727. The highest BCUT2D eigenvalue weighted by molar-refractivity contribution is 9.10. The van der Waals surface area contributed by atoms with E-state index < -0.39 is 0 Å². The zero-order valence-electron chi connectivity index (χ0n) is 10.8. The van der Waals surface area contributed by atoms with Crippen LogP contribution in [-0.4, -0.2) is 16.5 Å². The van der Waals surface area contributed by atoms with Gasteiger partial charge >= 0.3 is 0 Å². The van der Waals surface area contributed by atoms with E-state index in [2.05, 4.69) is 20.9 Å². The highest BCUT2D eigenvalue weighted by Crippen LogP contribution is 2.23. The van der Waals surface area contributed by atoms with Gasteiger partial charge in [-0.25, -0.2) is 9.37 Å². The average molecular weight is 335 g/mol. The lowest BCUT2D eigenvalue weighted by atomic mass is 10.1. The Bertz CT molecular complexity index is 752. The van der Waals surface area contributed by atoms with E-state index in [0.717, 1.165) is 27.3 Å². The number of benzene rings is 1. The number of fused-ring (bicyclic) bond motifs is 1. The molecule has 0 radical (unpaired) electrons. The van der Waals surface area contributed by atoms with Crippen LogP contribution >= 0.6 is 15.9 Å². The summed E-state index contributed by atoms with van der Waals surface area (Å²) >= 11 is 3.46. The molecule has 0 saturated carbocycles. The Hall–Kier alpha value is -1.88. The van der Waals surface area contributed by atoms with Crippen molar-refractivity contribution in [1.82, 2.24) is 9.38 Å². The molecule has 0 N–H and O–H groups in total. The number of nitrogens with zero attached hydrogens (tertiary/aromatic N) is 2. The highest BCUT2D eigenvalue weighted by Gasteiger charge is 2.10. The molecule has 1 aromatic carbocycles. The van der Waals surface area contributed by atoms with E-state index in [0.29, 0.717) is 6.42 Å². The number of rotatable bonds is 3. The van der Waals surface area contributed by atoms with Gasteiger partial charge < -0.3 is 4.74 Å². The van der Waals surface area contributed by atoms with Crippen molar-refractivity contribution in [2.24, 2.45) is 0 Å².